The molecule has 8 heteroatoms. The fourth-order valence-corrected chi connectivity index (χ4v) is 5.18. The van der Waals surface area contributed by atoms with E-state index in [1.807, 2.05) is 30.3 Å². The topological polar surface area (TPSA) is 63.5 Å². The Morgan fingerprint density at radius 3 is 2.43 bits per heavy atom. The van der Waals surface area contributed by atoms with Crippen LogP contribution in [0.1, 0.15) is 24.1 Å². The molecule has 3 aromatic carbocycles. The first kappa shape index (κ1) is 23.0. The maximum Gasteiger partial charge on any atom is 0.271 e. The Morgan fingerprint density at radius 2 is 1.74 bits per heavy atom. The second-order valence-electron chi connectivity index (χ2n) is 8.01. The van der Waals surface area contributed by atoms with Crippen LogP contribution in [-0.2, 0) is 4.79 Å². The van der Waals surface area contributed by atoms with E-state index in [1.165, 1.54) is 28.0 Å². The number of carbonyl (C=O) groups excluding carboxylic acids is 1. The van der Waals surface area contributed by atoms with Crippen LogP contribution >= 0.6 is 22.9 Å². The molecule has 4 aromatic rings. The number of aromatic nitrogens is 1. The second-order valence-corrected chi connectivity index (χ2v) is 9.45. The number of fused-ring (bicyclic) bond motifs is 1. The van der Waals surface area contributed by atoms with Crippen molar-refractivity contribution >= 4 is 40.6 Å². The molecule has 1 atom stereocenters. The summed E-state index contributed by atoms with van der Waals surface area (Å²) in [5.41, 5.74) is 2.58. The average Bonchev–Trinajstić information content (AvgIpc) is 3.15. The van der Waals surface area contributed by atoms with Gasteiger partial charge in [-0.2, -0.15) is 0 Å². The van der Waals surface area contributed by atoms with E-state index < -0.39 is 11.9 Å². The number of allylic oxidation sites excluding steroid dienone is 1. The summed E-state index contributed by atoms with van der Waals surface area (Å²) in [5.74, 6) is -0.779. The lowest BCUT2D eigenvalue weighted by Crippen LogP contribution is -2.40. The molecule has 1 amide bonds. The van der Waals surface area contributed by atoms with Crippen LogP contribution in [0.2, 0.25) is 5.02 Å². The third-order valence-corrected chi connectivity index (χ3v) is 6.89. The molecule has 0 aliphatic carbocycles. The Hall–Kier alpha value is -3.81. The lowest BCUT2D eigenvalue weighted by atomic mass is 9.95. The fraction of sp³-hybridized carbons (Fsp3) is 0.0741. The van der Waals surface area contributed by atoms with Crippen molar-refractivity contribution in [1.82, 2.24) is 4.57 Å². The zero-order valence-corrected chi connectivity index (χ0v) is 20.1. The molecule has 1 aromatic heterocycles. The van der Waals surface area contributed by atoms with Gasteiger partial charge < -0.3 is 5.32 Å². The normalized spacial score (nSPS) is 15.5. The van der Waals surface area contributed by atoms with Crippen LogP contribution in [0.5, 0.6) is 0 Å². The molecular formula is C27H19ClFN3O2S. The number of hydrogen-bond donors (Lipinski definition) is 1. The summed E-state index contributed by atoms with van der Waals surface area (Å²) >= 11 is 7.22. The third kappa shape index (κ3) is 4.60. The highest BCUT2D eigenvalue weighted by atomic mass is 35.5. The van der Waals surface area contributed by atoms with Crippen LogP contribution in [0.15, 0.2) is 99.9 Å². The molecule has 1 aliphatic heterocycles. The van der Waals surface area contributed by atoms with Gasteiger partial charge in [0, 0.05) is 10.7 Å². The zero-order valence-electron chi connectivity index (χ0n) is 18.5. The van der Waals surface area contributed by atoms with Crippen molar-refractivity contribution in [2.45, 2.75) is 13.0 Å². The first-order valence-electron chi connectivity index (χ1n) is 10.8. The number of halogens is 2. The number of thiazole rings is 1. The van der Waals surface area contributed by atoms with Gasteiger partial charge >= 0.3 is 0 Å². The van der Waals surface area contributed by atoms with Crippen molar-refractivity contribution in [2.24, 2.45) is 4.99 Å². The Morgan fingerprint density at radius 1 is 1.06 bits per heavy atom. The minimum absolute atomic E-state index is 0.282. The van der Waals surface area contributed by atoms with Crippen molar-refractivity contribution < 1.29 is 9.18 Å². The minimum Gasteiger partial charge on any atom is -0.322 e. The van der Waals surface area contributed by atoms with Crippen molar-refractivity contribution in [3.8, 4) is 0 Å². The van der Waals surface area contributed by atoms with Gasteiger partial charge in [0.15, 0.2) is 4.80 Å². The van der Waals surface area contributed by atoms with Gasteiger partial charge in [-0.1, -0.05) is 65.4 Å². The predicted molar refractivity (Wildman–Crippen MR) is 137 cm³/mol. The van der Waals surface area contributed by atoms with Crippen molar-refractivity contribution in [3.05, 3.63) is 132 Å². The lowest BCUT2D eigenvalue weighted by molar-refractivity contribution is -0.113. The predicted octanol–water partition coefficient (Wildman–Crippen LogP) is 4.67. The molecule has 0 fully saturated rings. The number of hydrogen-bond acceptors (Lipinski definition) is 4. The van der Waals surface area contributed by atoms with Gasteiger partial charge in [-0.3, -0.25) is 14.2 Å². The quantitative estimate of drug-likeness (QED) is 0.440. The number of nitrogens with one attached hydrogen (secondary N) is 1. The molecule has 5 rings (SSSR count). The molecule has 1 aliphatic rings. The molecule has 35 heavy (non-hydrogen) atoms. The Bertz CT molecular complexity index is 1620. The fourth-order valence-electron chi connectivity index (χ4n) is 4.00. The summed E-state index contributed by atoms with van der Waals surface area (Å²) in [5, 5.41) is 3.49. The van der Waals surface area contributed by atoms with E-state index in [0.717, 1.165) is 5.56 Å². The smallest absolute Gasteiger partial charge is 0.271 e. The molecule has 0 saturated heterocycles. The zero-order chi connectivity index (χ0) is 24.5. The molecule has 1 unspecified atom stereocenters. The van der Waals surface area contributed by atoms with Crippen LogP contribution in [0, 0.1) is 5.82 Å². The van der Waals surface area contributed by atoms with Gasteiger partial charge in [0.2, 0.25) is 0 Å². The molecule has 0 spiro atoms. The summed E-state index contributed by atoms with van der Waals surface area (Å²) in [6.07, 6.45) is 1.77. The molecule has 174 valence electrons. The summed E-state index contributed by atoms with van der Waals surface area (Å²) in [7, 11) is 0. The standard InChI is InChI=1S/C27H19ClFN3O2S/c1-16-23(25(33)31-21-5-3-2-4-6-21)24(18-9-13-20(29)14-10-18)32-26(34)22(35-27(32)30-16)15-17-7-11-19(28)12-8-17/h2-15,24H,1H3,(H,31,33)/b22-15-. The van der Waals surface area contributed by atoms with Crippen LogP contribution in [0.4, 0.5) is 10.1 Å². The highest BCUT2D eigenvalue weighted by molar-refractivity contribution is 7.07. The van der Waals surface area contributed by atoms with Gasteiger partial charge in [0.1, 0.15) is 5.82 Å². The van der Waals surface area contributed by atoms with E-state index in [0.29, 0.717) is 36.9 Å². The number of para-hydroxylation sites is 1. The molecule has 0 radical (unpaired) electrons. The molecular weight excluding hydrogens is 485 g/mol. The Kier molecular flexibility index (Phi) is 6.19. The number of carbonyl (C=O) groups is 1. The summed E-state index contributed by atoms with van der Waals surface area (Å²) < 4.78 is 15.7. The first-order valence-corrected chi connectivity index (χ1v) is 12.0. The molecule has 5 nitrogen and oxygen atoms in total. The van der Waals surface area contributed by atoms with Crippen LogP contribution in [0.25, 0.3) is 6.08 Å². The van der Waals surface area contributed by atoms with Crippen LogP contribution in [-0.4, -0.2) is 10.5 Å². The Balaban J connectivity index is 1.67. The number of benzene rings is 3. The van der Waals surface area contributed by atoms with E-state index in [2.05, 4.69) is 10.3 Å². The van der Waals surface area contributed by atoms with Gasteiger partial charge in [-0.05, 0) is 60.5 Å². The van der Waals surface area contributed by atoms with Crippen molar-refractivity contribution in [3.63, 3.8) is 0 Å². The average molecular weight is 504 g/mol. The summed E-state index contributed by atoms with van der Waals surface area (Å²) in [4.78, 5) is 32.1. The van der Waals surface area contributed by atoms with E-state index >= 15 is 0 Å². The maximum atomic E-state index is 13.7. The third-order valence-electron chi connectivity index (χ3n) is 5.65. The van der Waals surface area contributed by atoms with E-state index in [1.54, 1.807) is 49.4 Å². The SMILES string of the molecule is CC1=C(C(=O)Nc2ccccc2)C(c2ccc(F)cc2)n2c(s/c(=C\c3ccc(Cl)cc3)c2=O)=N1. The van der Waals surface area contributed by atoms with Crippen molar-refractivity contribution in [2.75, 3.05) is 5.32 Å². The van der Waals surface area contributed by atoms with Crippen molar-refractivity contribution in [1.29, 1.82) is 0 Å². The summed E-state index contributed by atoms with van der Waals surface area (Å²) in [6, 6.07) is 21.3. The monoisotopic (exact) mass is 503 g/mol. The van der Waals surface area contributed by atoms with Gasteiger partial charge in [0.05, 0.1) is 21.8 Å². The van der Waals surface area contributed by atoms with Gasteiger partial charge in [-0.25, -0.2) is 9.38 Å². The molecule has 2 heterocycles. The highest BCUT2D eigenvalue weighted by Crippen LogP contribution is 2.31. The lowest BCUT2D eigenvalue weighted by Gasteiger charge is -2.25. The number of rotatable bonds is 4. The number of nitrogens with zero attached hydrogens (tertiary/aromatic N) is 2. The minimum atomic E-state index is -0.761. The number of amides is 1. The summed E-state index contributed by atoms with van der Waals surface area (Å²) in [6.45, 7) is 1.74. The Labute approximate surface area is 209 Å². The van der Waals surface area contributed by atoms with Gasteiger partial charge in [-0.15, -0.1) is 0 Å². The van der Waals surface area contributed by atoms with Crippen LogP contribution < -0.4 is 20.2 Å². The number of anilines is 1. The molecule has 0 bridgehead atoms. The van der Waals surface area contributed by atoms with E-state index in [9.17, 15) is 14.0 Å². The second kappa shape index (κ2) is 9.44. The van der Waals surface area contributed by atoms with Gasteiger partial charge in [0.25, 0.3) is 11.5 Å². The first-order chi connectivity index (χ1) is 16.9. The molecule has 0 saturated carbocycles. The van der Waals surface area contributed by atoms with E-state index in [4.69, 9.17) is 11.6 Å². The maximum absolute atomic E-state index is 13.7. The largest absolute Gasteiger partial charge is 0.322 e. The highest BCUT2D eigenvalue weighted by Gasteiger charge is 2.32. The molecule has 1 N–H and O–H groups in total. The van der Waals surface area contributed by atoms with Crippen LogP contribution in [0.3, 0.4) is 0 Å². The van der Waals surface area contributed by atoms with E-state index in [-0.39, 0.29) is 11.5 Å².